The van der Waals surface area contributed by atoms with Gasteiger partial charge in [0.15, 0.2) is 0 Å². The summed E-state index contributed by atoms with van der Waals surface area (Å²) in [5.41, 5.74) is 0.871. The van der Waals surface area contributed by atoms with Gasteiger partial charge in [-0.3, -0.25) is 14.6 Å². The second-order valence-electron chi connectivity index (χ2n) is 7.61. The summed E-state index contributed by atoms with van der Waals surface area (Å²) in [6, 6.07) is 5.81. The van der Waals surface area contributed by atoms with E-state index < -0.39 is 0 Å². The molecule has 0 amide bonds. The summed E-state index contributed by atoms with van der Waals surface area (Å²) >= 11 is 0. The van der Waals surface area contributed by atoms with Gasteiger partial charge < -0.3 is 19.3 Å². The fourth-order valence-electron chi connectivity index (χ4n) is 4.37. The van der Waals surface area contributed by atoms with E-state index in [0.29, 0.717) is 30.7 Å². The fourth-order valence-corrected chi connectivity index (χ4v) is 4.37. The molecule has 1 aromatic carbocycles. The third kappa shape index (κ3) is 5.37. The van der Waals surface area contributed by atoms with Crippen LogP contribution in [0.3, 0.4) is 0 Å². The number of esters is 1. The van der Waals surface area contributed by atoms with Crippen molar-refractivity contribution in [3.05, 3.63) is 23.8 Å². The first-order valence-electron chi connectivity index (χ1n) is 10.1. The van der Waals surface area contributed by atoms with Crippen molar-refractivity contribution in [3.8, 4) is 11.5 Å². The van der Waals surface area contributed by atoms with Crippen molar-refractivity contribution in [2.45, 2.75) is 31.8 Å². The van der Waals surface area contributed by atoms with Crippen molar-refractivity contribution in [1.82, 2.24) is 9.80 Å². The first-order valence-corrected chi connectivity index (χ1v) is 10.1. The van der Waals surface area contributed by atoms with Gasteiger partial charge in [0.25, 0.3) is 0 Å². The Kier molecular flexibility index (Phi) is 7.53. The number of hydrogen-bond acceptors (Lipinski definition) is 7. The number of hydrogen-bond donors (Lipinski definition) is 1. The molecule has 3 rings (SSSR count). The van der Waals surface area contributed by atoms with Gasteiger partial charge in [0.1, 0.15) is 11.5 Å². The van der Waals surface area contributed by atoms with E-state index in [9.17, 15) is 9.90 Å². The summed E-state index contributed by atoms with van der Waals surface area (Å²) in [5.74, 6) is 1.28. The molecule has 0 spiro atoms. The molecule has 28 heavy (non-hydrogen) atoms. The van der Waals surface area contributed by atoms with Gasteiger partial charge in [0.2, 0.25) is 0 Å². The zero-order valence-corrected chi connectivity index (χ0v) is 16.9. The van der Waals surface area contributed by atoms with Gasteiger partial charge in [-0.1, -0.05) is 0 Å². The molecule has 156 valence electrons. The molecule has 2 fully saturated rings. The monoisotopic (exact) mass is 392 g/mol. The highest BCUT2D eigenvalue weighted by Crippen LogP contribution is 2.30. The molecule has 0 saturated carbocycles. The number of piperidine rings is 1. The van der Waals surface area contributed by atoms with E-state index in [4.69, 9.17) is 14.2 Å². The van der Waals surface area contributed by atoms with Crippen LogP contribution in [0.5, 0.6) is 11.5 Å². The maximum absolute atomic E-state index is 11.7. The third-order valence-corrected chi connectivity index (χ3v) is 5.92. The Morgan fingerprint density at radius 3 is 2.75 bits per heavy atom. The van der Waals surface area contributed by atoms with E-state index in [-0.39, 0.29) is 5.97 Å². The second-order valence-corrected chi connectivity index (χ2v) is 7.61. The minimum absolute atomic E-state index is 0.150. The first-order chi connectivity index (χ1) is 13.6. The predicted molar refractivity (Wildman–Crippen MR) is 105 cm³/mol. The Morgan fingerprint density at radius 2 is 2.04 bits per heavy atom. The minimum Gasteiger partial charge on any atom is -0.508 e. The molecule has 7 heteroatoms. The SMILES string of the molecule is COC(=O)CC[C@H]1CN(Cc2cc(OC)ccc2O)CC[C@H]1N1CCOCC1. The molecule has 2 aliphatic rings. The van der Waals surface area contributed by atoms with Crippen molar-refractivity contribution < 1.29 is 24.1 Å². The number of carbonyl (C=O) groups is 1. The number of ether oxygens (including phenoxy) is 3. The van der Waals surface area contributed by atoms with Gasteiger partial charge in [-0.15, -0.1) is 0 Å². The second kappa shape index (κ2) is 10.1. The van der Waals surface area contributed by atoms with Crippen LogP contribution in [0.1, 0.15) is 24.8 Å². The van der Waals surface area contributed by atoms with E-state index in [2.05, 4.69) is 9.80 Å². The van der Waals surface area contributed by atoms with E-state index in [1.165, 1.54) is 7.11 Å². The molecule has 1 N–H and O–H groups in total. The molecule has 7 nitrogen and oxygen atoms in total. The summed E-state index contributed by atoms with van der Waals surface area (Å²) in [7, 11) is 3.08. The van der Waals surface area contributed by atoms with Crippen LogP contribution >= 0.6 is 0 Å². The topological polar surface area (TPSA) is 71.5 Å². The van der Waals surface area contributed by atoms with E-state index in [1.54, 1.807) is 19.2 Å². The Hall–Kier alpha value is -1.83. The van der Waals surface area contributed by atoms with Crippen molar-refractivity contribution in [2.75, 3.05) is 53.6 Å². The molecule has 2 aliphatic heterocycles. The lowest BCUT2D eigenvalue weighted by molar-refractivity contribution is -0.141. The minimum atomic E-state index is -0.150. The van der Waals surface area contributed by atoms with Crippen molar-refractivity contribution in [2.24, 2.45) is 5.92 Å². The lowest BCUT2D eigenvalue weighted by Crippen LogP contribution is -2.53. The van der Waals surface area contributed by atoms with Crippen LogP contribution in [0.15, 0.2) is 18.2 Å². The van der Waals surface area contributed by atoms with Crippen LogP contribution in [0, 0.1) is 5.92 Å². The van der Waals surface area contributed by atoms with E-state index >= 15 is 0 Å². The normalized spacial score (nSPS) is 24.1. The summed E-state index contributed by atoms with van der Waals surface area (Å²) < 4.78 is 15.7. The number of rotatable bonds is 7. The van der Waals surface area contributed by atoms with Crippen molar-refractivity contribution >= 4 is 5.97 Å². The van der Waals surface area contributed by atoms with Gasteiger partial charge >= 0.3 is 5.97 Å². The zero-order chi connectivity index (χ0) is 19.9. The van der Waals surface area contributed by atoms with Crippen LogP contribution in [0.2, 0.25) is 0 Å². The molecular formula is C21H32N2O5. The molecular weight excluding hydrogens is 360 g/mol. The molecule has 0 aromatic heterocycles. The van der Waals surface area contributed by atoms with Crippen LogP contribution in [0.4, 0.5) is 0 Å². The van der Waals surface area contributed by atoms with Crippen LogP contribution in [-0.2, 0) is 20.8 Å². The van der Waals surface area contributed by atoms with Gasteiger partial charge in [0.05, 0.1) is 27.4 Å². The maximum atomic E-state index is 11.7. The summed E-state index contributed by atoms with van der Waals surface area (Å²) in [4.78, 5) is 16.6. The van der Waals surface area contributed by atoms with Gasteiger partial charge in [-0.05, 0) is 43.5 Å². The highest BCUT2D eigenvalue weighted by molar-refractivity contribution is 5.69. The molecule has 0 radical (unpaired) electrons. The standard InChI is InChI=1S/C21H32N2O5/c1-26-18-4-5-20(24)17(13-18)15-22-8-7-19(23-9-11-28-12-10-23)16(14-22)3-6-21(25)27-2/h4-5,13,16,19,24H,3,6-12,14-15H2,1-2H3/t16-,19+/m0/s1. The van der Waals surface area contributed by atoms with E-state index in [1.807, 2.05) is 6.07 Å². The molecule has 1 aromatic rings. The number of phenolic OH excluding ortho intramolecular Hbond substituents is 1. The predicted octanol–water partition coefficient (Wildman–Crippen LogP) is 1.88. The molecule has 2 heterocycles. The molecule has 2 saturated heterocycles. The number of nitrogens with zero attached hydrogens (tertiary/aromatic N) is 2. The molecule has 0 bridgehead atoms. The first kappa shape index (κ1) is 20.9. The van der Waals surface area contributed by atoms with Gasteiger partial charge in [0, 0.05) is 44.2 Å². The highest BCUT2D eigenvalue weighted by Gasteiger charge is 2.34. The smallest absolute Gasteiger partial charge is 0.305 e. The number of morpholine rings is 1. The Bertz CT molecular complexity index is 648. The van der Waals surface area contributed by atoms with Crippen LogP contribution < -0.4 is 4.74 Å². The fraction of sp³-hybridized carbons (Fsp3) is 0.667. The Balaban J connectivity index is 1.67. The molecule has 0 aliphatic carbocycles. The number of phenols is 1. The largest absolute Gasteiger partial charge is 0.508 e. The summed E-state index contributed by atoms with van der Waals surface area (Å²) in [5, 5.41) is 10.2. The quantitative estimate of drug-likeness (QED) is 0.711. The number of aromatic hydroxyl groups is 1. The highest BCUT2D eigenvalue weighted by atomic mass is 16.5. The third-order valence-electron chi connectivity index (χ3n) is 5.92. The zero-order valence-electron chi connectivity index (χ0n) is 16.9. The average molecular weight is 392 g/mol. The molecule has 2 atom stereocenters. The van der Waals surface area contributed by atoms with Crippen molar-refractivity contribution in [1.29, 1.82) is 0 Å². The number of likely N-dealkylation sites (tertiary alicyclic amines) is 1. The van der Waals surface area contributed by atoms with Gasteiger partial charge in [-0.2, -0.15) is 0 Å². The lowest BCUT2D eigenvalue weighted by Gasteiger charge is -2.45. The van der Waals surface area contributed by atoms with Gasteiger partial charge in [-0.25, -0.2) is 0 Å². The summed E-state index contributed by atoms with van der Waals surface area (Å²) in [6.07, 6.45) is 2.31. The average Bonchev–Trinajstić information content (AvgIpc) is 2.74. The van der Waals surface area contributed by atoms with Crippen LogP contribution in [0.25, 0.3) is 0 Å². The summed E-state index contributed by atoms with van der Waals surface area (Å²) in [6.45, 7) is 6.01. The van der Waals surface area contributed by atoms with Crippen LogP contribution in [-0.4, -0.2) is 80.5 Å². The lowest BCUT2D eigenvalue weighted by atomic mass is 9.86. The molecule has 0 unspecified atom stereocenters. The maximum Gasteiger partial charge on any atom is 0.305 e. The van der Waals surface area contributed by atoms with E-state index in [0.717, 1.165) is 63.5 Å². The Labute approximate surface area is 167 Å². The van der Waals surface area contributed by atoms with Crippen molar-refractivity contribution in [3.63, 3.8) is 0 Å². The Morgan fingerprint density at radius 1 is 1.25 bits per heavy atom. The number of benzene rings is 1. The number of methoxy groups -OCH3 is 2. The number of carbonyl (C=O) groups excluding carboxylic acids is 1.